The fraction of sp³-hybridized carbons (Fsp3) is 0.842. The van der Waals surface area contributed by atoms with Crippen LogP contribution in [0.5, 0.6) is 0 Å². The molecule has 0 saturated carbocycles. The summed E-state index contributed by atoms with van der Waals surface area (Å²) in [6.07, 6.45) is 0.764. The van der Waals surface area contributed by atoms with E-state index in [2.05, 4.69) is 19.2 Å². The Morgan fingerprint density at radius 3 is 2.04 bits per heavy atom. The third kappa shape index (κ3) is 10.3. The molecule has 0 saturated heterocycles. The third-order valence-electron chi connectivity index (χ3n) is 4.15. The number of ether oxygens (including phenoxy) is 2. The van der Waals surface area contributed by atoms with Gasteiger partial charge >= 0.3 is 18.0 Å². The van der Waals surface area contributed by atoms with Gasteiger partial charge < -0.3 is 19.9 Å². The minimum Gasteiger partial charge on any atom is -0.481 e. The molecule has 2 N–H and O–H groups in total. The Hall–Kier alpha value is -1.79. The first kappa shape index (κ1) is 24.2. The van der Waals surface area contributed by atoms with Gasteiger partial charge in [0.1, 0.15) is 0 Å². The molecule has 0 aromatic carbocycles. The third-order valence-corrected chi connectivity index (χ3v) is 4.15. The van der Waals surface area contributed by atoms with Crippen LogP contribution in [0.4, 0.5) is 4.79 Å². The lowest BCUT2D eigenvalue weighted by molar-refractivity contribution is -0.174. The van der Waals surface area contributed by atoms with Crippen molar-refractivity contribution in [3.05, 3.63) is 0 Å². The first-order chi connectivity index (χ1) is 12.1. The molecule has 1 amide bonds. The van der Waals surface area contributed by atoms with E-state index in [4.69, 9.17) is 9.47 Å². The van der Waals surface area contributed by atoms with Gasteiger partial charge in [-0.3, -0.25) is 9.59 Å². The number of carboxylic acids is 1. The van der Waals surface area contributed by atoms with Gasteiger partial charge in [0.2, 0.25) is 0 Å². The van der Waals surface area contributed by atoms with Gasteiger partial charge in [-0.2, -0.15) is 0 Å². The zero-order chi connectivity index (χ0) is 20.3. The van der Waals surface area contributed by atoms with Crippen LogP contribution in [0, 0.1) is 23.7 Å². The van der Waals surface area contributed by atoms with Crippen molar-refractivity contribution in [2.24, 2.45) is 23.7 Å². The van der Waals surface area contributed by atoms with E-state index in [0.717, 1.165) is 12.8 Å². The van der Waals surface area contributed by atoms with Crippen LogP contribution in [0.1, 0.15) is 67.2 Å². The molecular weight excluding hydrogens is 338 g/mol. The van der Waals surface area contributed by atoms with Gasteiger partial charge in [-0.05, 0) is 24.7 Å². The number of amides is 1. The molecule has 0 aliphatic carbocycles. The maximum Gasteiger partial charge on any atom is 0.410 e. The summed E-state index contributed by atoms with van der Waals surface area (Å²) >= 11 is 0. The highest BCUT2D eigenvalue weighted by Crippen LogP contribution is 2.23. The number of carbonyl (C=O) groups is 3. The van der Waals surface area contributed by atoms with Gasteiger partial charge in [-0.15, -0.1) is 0 Å². The Kier molecular flexibility index (Phi) is 11.7. The quantitative estimate of drug-likeness (QED) is 0.398. The summed E-state index contributed by atoms with van der Waals surface area (Å²) in [5.41, 5.74) is 0. The van der Waals surface area contributed by atoms with Crippen molar-refractivity contribution in [1.29, 1.82) is 0 Å². The van der Waals surface area contributed by atoms with Gasteiger partial charge in [0.25, 0.3) is 6.29 Å². The highest BCUT2D eigenvalue weighted by molar-refractivity contribution is 5.73. The Bertz CT molecular complexity index is 449. The molecule has 3 atom stereocenters. The van der Waals surface area contributed by atoms with Crippen LogP contribution in [0.25, 0.3) is 0 Å². The Balaban J connectivity index is 4.64. The summed E-state index contributed by atoms with van der Waals surface area (Å²) in [6, 6.07) is 0. The minimum absolute atomic E-state index is 0.0186. The smallest absolute Gasteiger partial charge is 0.410 e. The summed E-state index contributed by atoms with van der Waals surface area (Å²) in [4.78, 5) is 34.9. The van der Waals surface area contributed by atoms with E-state index in [1.807, 2.05) is 6.92 Å². The maximum atomic E-state index is 12.0. The molecule has 26 heavy (non-hydrogen) atoms. The molecule has 152 valence electrons. The van der Waals surface area contributed by atoms with Crippen molar-refractivity contribution in [2.45, 2.75) is 73.5 Å². The summed E-state index contributed by atoms with van der Waals surface area (Å²) < 4.78 is 10.2. The molecule has 0 unspecified atom stereocenters. The summed E-state index contributed by atoms with van der Waals surface area (Å²) in [5, 5.41) is 11.9. The van der Waals surface area contributed by atoms with E-state index in [1.165, 1.54) is 0 Å². The second kappa shape index (κ2) is 12.5. The number of carboxylic acid groups (broad SMARTS) is 1. The number of hydrogen-bond acceptors (Lipinski definition) is 5. The zero-order valence-electron chi connectivity index (χ0n) is 16.9. The zero-order valence-corrected chi connectivity index (χ0v) is 16.9. The Labute approximate surface area is 156 Å². The lowest BCUT2D eigenvalue weighted by atomic mass is 9.86. The first-order valence-electron chi connectivity index (χ1n) is 9.47. The van der Waals surface area contributed by atoms with E-state index in [9.17, 15) is 19.5 Å². The van der Waals surface area contributed by atoms with Gasteiger partial charge in [-0.1, -0.05) is 48.0 Å². The monoisotopic (exact) mass is 373 g/mol. The SMILES string of the molecule is CCC(=O)O[C@@H](OC(=O)NC[C@H](C[C@@H](CC)CC(C)C)C(=O)O)C(C)C. The van der Waals surface area contributed by atoms with E-state index in [0.29, 0.717) is 18.3 Å². The van der Waals surface area contributed by atoms with Crippen LogP contribution in [-0.4, -0.2) is 36.0 Å². The highest BCUT2D eigenvalue weighted by atomic mass is 16.7. The number of alkyl carbamates (subject to hydrolysis) is 1. The topological polar surface area (TPSA) is 102 Å². The average molecular weight is 373 g/mol. The van der Waals surface area contributed by atoms with E-state index < -0.39 is 30.2 Å². The molecule has 0 bridgehead atoms. The lowest BCUT2D eigenvalue weighted by Gasteiger charge is -2.23. The van der Waals surface area contributed by atoms with Gasteiger partial charge in [0.05, 0.1) is 5.92 Å². The molecule has 0 fully saturated rings. The summed E-state index contributed by atoms with van der Waals surface area (Å²) in [5.74, 6) is -1.50. The predicted molar refractivity (Wildman–Crippen MR) is 98.5 cm³/mol. The number of aliphatic carboxylic acids is 1. The lowest BCUT2D eigenvalue weighted by Crippen LogP contribution is -2.38. The molecule has 0 aromatic heterocycles. The summed E-state index contributed by atoms with van der Waals surface area (Å²) in [6.45, 7) is 11.4. The van der Waals surface area contributed by atoms with Crippen LogP contribution < -0.4 is 5.32 Å². The van der Waals surface area contributed by atoms with Crippen molar-refractivity contribution in [3.63, 3.8) is 0 Å². The van der Waals surface area contributed by atoms with E-state index >= 15 is 0 Å². The minimum atomic E-state index is -0.991. The molecule has 0 aliphatic heterocycles. The molecule has 0 aliphatic rings. The van der Waals surface area contributed by atoms with Gasteiger partial charge in [-0.25, -0.2) is 4.79 Å². The van der Waals surface area contributed by atoms with Crippen LogP contribution in [0.3, 0.4) is 0 Å². The molecule has 0 aromatic rings. The average Bonchev–Trinajstić information content (AvgIpc) is 2.55. The van der Waals surface area contributed by atoms with Crippen LogP contribution in [0.15, 0.2) is 0 Å². The molecule has 0 rings (SSSR count). The van der Waals surface area contributed by atoms with Crippen molar-refractivity contribution in [2.75, 3.05) is 6.54 Å². The molecule has 0 heterocycles. The van der Waals surface area contributed by atoms with Crippen molar-refractivity contribution in [1.82, 2.24) is 5.32 Å². The van der Waals surface area contributed by atoms with E-state index in [1.54, 1.807) is 20.8 Å². The fourth-order valence-electron chi connectivity index (χ4n) is 2.63. The normalized spacial score (nSPS) is 14.6. The molecule has 0 spiro atoms. The number of carbonyl (C=O) groups excluding carboxylic acids is 2. The fourth-order valence-corrected chi connectivity index (χ4v) is 2.63. The van der Waals surface area contributed by atoms with Crippen molar-refractivity contribution >= 4 is 18.0 Å². The molecular formula is C19H35NO6. The van der Waals surface area contributed by atoms with Crippen LogP contribution in [-0.2, 0) is 19.1 Å². The second-order valence-electron chi connectivity index (χ2n) is 7.42. The highest BCUT2D eigenvalue weighted by Gasteiger charge is 2.25. The standard InChI is InChI=1S/C19H35NO6/c1-7-14(9-12(3)4)10-15(17(22)23)11-20-19(24)26-18(13(5)6)25-16(21)8-2/h12-15,18H,7-11H2,1-6H3,(H,20,24)(H,22,23)/t14-,15-,18-/m0/s1. The Morgan fingerprint density at radius 1 is 1.00 bits per heavy atom. The number of rotatable bonds is 12. The van der Waals surface area contributed by atoms with Crippen LogP contribution >= 0.6 is 0 Å². The number of nitrogens with one attached hydrogen (secondary N) is 1. The predicted octanol–water partition coefficient (Wildman–Crippen LogP) is 3.81. The van der Waals surface area contributed by atoms with Gasteiger partial charge in [0, 0.05) is 18.9 Å². The van der Waals surface area contributed by atoms with Crippen molar-refractivity contribution in [3.8, 4) is 0 Å². The van der Waals surface area contributed by atoms with E-state index in [-0.39, 0.29) is 18.9 Å². The first-order valence-corrected chi connectivity index (χ1v) is 9.47. The number of esters is 1. The largest absolute Gasteiger partial charge is 0.481 e. The van der Waals surface area contributed by atoms with Crippen LogP contribution in [0.2, 0.25) is 0 Å². The molecule has 7 nitrogen and oxygen atoms in total. The summed E-state index contributed by atoms with van der Waals surface area (Å²) in [7, 11) is 0. The Morgan fingerprint density at radius 2 is 1.62 bits per heavy atom. The second-order valence-corrected chi connectivity index (χ2v) is 7.42. The van der Waals surface area contributed by atoms with Crippen molar-refractivity contribution < 1.29 is 29.0 Å². The van der Waals surface area contributed by atoms with Gasteiger partial charge in [0.15, 0.2) is 0 Å². The maximum absolute atomic E-state index is 12.0. The molecule has 0 radical (unpaired) electrons. The molecule has 7 heteroatoms. The number of hydrogen-bond donors (Lipinski definition) is 2.